The van der Waals surface area contributed by atoms with Gasteiger partial charge in [0.2, 0.25) is 0 Å². The first-order valence-corrected chi connectivity index (χ1v) is 9.14. The molecule has 2 heterocycles. The molecule has 2 aliphatic heterocycles. The van der Waals surface area contributed by atoms with Gasteiger partial charge < -0.3 is 5.32 Å². The molecule has 3 heteroatoms. The van der Waals surface area contributed by atoms with Gasteiger partial charge in [0.05, 0.1) is 0 Å². The first-order chi connectivity index (χ1) is 10.3. The molecule has 2 aromatic carbocycles. The maximum atomic E-state index is 3.54. The van der Waals surface area contributed by atoms with Gasteiger partial charge in [0.15, 0.2) is 0 Å². The van der Waals surface area contributed by atoms with Gasteiger partial charge in [-0.15, -0.1) is 11.8 Å². The Bertz CT molecular complexity index is 624. The van der Waals surface area contributed by atoms with Crippen molar-refractivity contribution in [1.82, 2.24) is 5.32 Å². The summed E-state index contributed by atoms with van der Waals surface area (Å²) < 4.78 is 1.16. The van der Waals surface area contributed by atoms with Gasteiger partial charge in [0.1, 0.15) is 0 Å². The van der Waals surface area contributed by atoms with Crippen LogP contribution in [0.4, 0.5) is 0 Å². The largest absolute Gasteiger partial charge is 0.315 e. The lowest BCUT2D eigenvalue weighted by Gasteiger charge is -2.45. The summed E-state index contributed by atoms with van der Waals surface area (Å²) in [6.45, 7) is 2.23. The van der Waals surface area contributed by atoms with E-state index in [9.17, 15) is 0 Å². The van der Waals surface area contributed by atoms with Crippen molar-refractivity contribution in [2.45, 2.75) is 28.4 Å². The zero-order valence-electron chi connectivity index (χ0n) is 11.8. The van der Waals surface area contributed by atoms with Crippen LogP contribution in [-0.2, 0) is 11.8 Å². The predicted molar refractivity (Wildman–Crippen MR) is 93.1 cm³/mol. The van der Waals surface area contributed by atoms with E-state index >= 15 is 0 Å². The van der Waals surface area contributed by atoms with Crippen LogP contribution in [0, 0.1) is 0 Å². The van der Waals surface area contributed by atoms with Crippen LogP contribution in [0.2, 0.25) is 0 Å². The van der Waals surface area contributed by atoms with E-state index in [0.717, 1.165) is 17.6 Å². The van der Waals surface area contributed by atoms with Crippen molar-refractivity contribution in [1.29, 1.82) is 0 Å². The topological polar surface area (TPSA) is 12.0 Å². The summed E-state index contributed by atoms with van der Waals surface area (Å²) in [4.78, 5) is 1.49. The van der Waals surface area contributed by atoms with Crippen LogP contribution in [-0.4, -0.2) is 18.3 Å². The Kier molecular flexibility index (Phi) is 3.60. The number of fused-ring (bicyclic) bond motifs is 1. The average molecular weight is 360 g/mol. The molecule has 108 valence electrons. The van der Waals surface area contributed by atoms with Gasteiger partial charge in [0.25, 0.3) is 0 Å². The summed E-state index contributed by atoms with van der Waals surface area (Å²) in [6.07, 6.45) is 2.49. The molecule has 1 N–H and O–H groups in total. The van der Waals surface area contributed by atoms with Gasteiger partial charge in [-0.1, -0.05) is 46.3 Å². The first kappa shape index (κ1) is 13.9. The van der Waals surface area contributed by atoms with Crippen LogP contribution >= 0.6 is 27.7 Å². The third-order valence-electron chi connectivity index (χ3n) is 4.72. The molecule has 1 atom stereocenters. The maximum Gasteiger partial charge on any atom is 0.0213 e. The van der Waals surface area contributed by atoms with Gasteiger partial charge in [-0.2, -0.15) is 0 Å². The van der Waals surface area contributed by atoms with E-state index < -0.39 is 0 Å². The summed E-state index contributed by atoms with van der Waals surface area (Å²) in [5, 5.41) is 4.21. The van der Waals surface area contributed by atoms with E-state index in [1.54, 1.807) is 0 Å². The summed E-state index contributed by atoms with van der Waals surface area (Å²) in [5.41, 5.74) is 3.35. The molecule has 0 spiro atoms. The monoisotopic (exact) mass is 359 g/mol. The van der Waals surface area contributed by atoms with Crippen molar-refractivity contribution in [2.24, 2.45) is 0 Å². The van der Waals surface area contributed by atoms with Crippen molar-refractivity contribution in [3.63, 3.8) is 0 Å². The minimum Gasteiger partial charge on any atom is -0.315 e. The molecule has 0 bridgehead atoms. The Morgan fingerprint density at radius 2 is 1.86 bits per heavy atom. The number of benzene rings is 2. The zero-order chi connectivity index (χ0) is 14.3. The molecule has 0 aromatic heterocycles. The number of nitrogens with one attached hydrogen (secondary N) is 1. The molecule has 1 unspecified atom stereocenters. The fourth-order valence-electron chi connectivity index (χ4n) is 3.50. The highest BCUT2D eigenvalue weighted by Crippen LogP contribution is 2.44. The Hall–Kier alpha value is -0.770. The number of hydrogen-bond acceptors (Lipinski definition) is 2. The summed E-state index contributed by atoms with van der Waals surface area (Å²) in [7, 11) is 0. The lowest BCUT2D eigenvalue weighted by Crippen LogP contribution is -2.57. The van der Waals surface area contributed by atoms with E-state index in [0.29, 0.717) is 10.7 Å². The van der Waals surface area contributed by atoms with E-state index in [1.807, 2.05) is 0 Å². The molecule has 21 heavy (non-hydrogen) atoms. The second-order valence-corrected chi connectivity index (χ2v) is 8.40. The lowest BCUT2D eigenvalue weighted by molar-refractivity contribution is 0.256. The van der Waals surface area contributed by atoms with Crippen molar-refractivity contribution in [3.8, 4) is 0 Å². The van der Waals surface area contributed by atoms with Crippen LogP contribution in [0.25, 0.3) is 0 Å². The Morgan fingerprint density at radius 1 is 1.10 bits per heavy atom. The van der Waals surface area contributed by atoms with Crippen molar-refractivity contribution >= 4 is 27.7 Å². The van der Waals surface area contributed by atoms with Crippen LogP contribution < -0.4 is 5.32 Å². The van der Waals surface area contributed by atoms with Crippen LogP contribution in [0.5, 0.6) is 0 Å². The molecule has 2 aliphatic rings. The SMILES string of the molecule is Brc1ccc(C2(CC3Cc4ccccc4S3)CNC2)cc1. The third-order valence-corrected chi connectivity index (χ3v) is 6.56. The molecule has 2 aromatic rings. The summed E-state index contributed by atoms with van der Waals surface area (Å²) in [5.74, 6) is 0. The minimum atomic E-state index is 0.334. The number of rotatable bonds is 3. The quantitative estimate of drug-likeness (QED) is 0.871. The van der Waals surface area contributed by atoms with E-state index in [-0.39, 0.29) is 0 Å². The minimum absolute atomic E-state index is 0.334. The molecular weight excluding hydrogens is 342 g/mol. The Balaban J connectivity index is 1.54. The Morgan fingerprint density at radius 3 is 2.52 bits per heavy atom. The van der Waals surface area contributed by atoms with Crippen LogP contribution in [0.1, 0.15) is 17.5 Å². The van der Waals surface area contributed by atoms with Crippen LogP contribution in [0.3, 0.4) is 0 Å². The number of thioether (sulfide) groups is 1. The second kappa shape index (κ2) is 5.45. The maximum absolute atomic E-state index is 3.54. The highest BCUT2D eigenvalue weighted by molar-refractivity contribution is 9.10. The van der Waals surface area contributed by atoms with Gasteiger partial charge in [-0.05, 0) is 42.2 Å². The van der Waals surface area contributed by atoms with Gasteiger partial charge in [-0.3, -0.25) is 0 Å². The normalized spacial score (nSPS) is 22.6. The number of halogens is 1. The van der Waals surface area contributed by atoms with Gasteiger partial charge in [0, 0.05) is 33.1 Å². The second-order valence-electron chi connectivity index (χ2n) is 6.15. The van der Waals surface area contributed by atoms with E-state index in [4.69, 9.17) is 0 Å². The highest BCUT2D eigenvalue weighted by Gasteiger charge is 2.41. The van der Waals surface area contributed by atoms with E-state index in [2.05, 4.69) is 81.5 Å². The summed E-state index contributed by atoms with van der Waals surface area (Å²) >= 11 is 5.61. The fourth-order valence-corrected chi connectivity index (χ4v) is 5.25. The molecule has 4 rings (SSSR count). The average Bonchev–Trinajstić information content (AvgIpc) is 2.86. The smallest absolute Gasteiger partial charge is 0.0213 e. The molecule has 0 saturated carbocycles. The molecule has 1 fully saturated rings. The van der Waals surface area contributed by atoms with Crippen LogP contribution in [0.15, 0.2) is 57.9 Å². The van der Waals surface area contributed by atoms with E-state index in [1.165, 1.54) is 28.9 Å². The first-order valence-electron chi connectivity index (χ1n) is 7.47. The molecule has 0 radical (unpaired) electrons. The predicted octanol–water partition coefficient (Wildman–Crippen LogP) is 4.40. The van der Waals surface area contributed by atoms with Crippen molar-refractivity contribution in [3.05, 3.63) is 64.1 Å². The molecule has 1 nitrogen and oxygen atoms in total. The Labute approximate surface area is 138 Å². The summed E-state index contributed by atoms with van der Waals surface area (Å²) in [6, 6.07) is 17.8. The lowest BCUT2D eigenvalue weighted by atomic mass is 9.71. The highest BCUT2D eigenvalue weighted by atomic mass is 79.9. The van der Waals surface area contributed by atoms with Gasteiger partial charge >= 0.3 is 0 Å². The molecule has 0 amide bonds. The molecule has 1 saturated heterocycles. The molecular formula is C18H18BrNS. The van der Waals surface area contributed by atoms with Crippen molar-refractivity contribution in [2.75, 3.05) is 13.1 Å². The standard InChI is InChI=1S/C18H18BrNS/c19-15-7-5-14(6-8-15)18(11-20-12-18)10-16-9-13-3-1-2-4-17(13)21-16/h1-8,16,20H,9-12H2. The third kappa shape index (κ3) is 2.56. The zero-order valence-corrected chi connectivity index (χ0v) is 14.2. The number of hydrogen-bond donors (Lipinski definition) is 1. The van der Waals surface area contributed by atoms with Crippen molar-refractivity contribution < 1.29 is 0 Å². The van der Waals surface area contributed by atoms with Gasteiger partial charge in [-0.25, -0.2) is 0 Å². The molecule has 0 aliphatic carbocycles. The fraction of sp³-hybridized carbons (Fsp3) is 0.333.